The van der Waals surface area contributed by atoms with Gasteiger partial charge >= 0.3 is 0 Å². The monoisotopic (exact) mass is 803 g/mol. The van der Waals surface area contributed by atoms with Crippen molar-refractivity contribution in [3.05, 3.63) is 224 Å². The highest BCUT2D eigenvalue weighted by Crippen LogP contribution is 2.49. The highest BCUT2D eigenvalue weighted by molar-refractivity contribution is 6.21. The van der Waals surface area contributed by atoms with Gasteiger partial charge in [0.25, 0.3) is 0 Å². The Morgan fingerprint density at radius 3 is 1.63 bits per heavy atom. The lowest BCUT2D eigenvalue weighted by Gasteiger charge is -2.28. The number of fused-ring (bicyclic) bond motifs is 11. The van der Waals surface area contributed by atoms with Crippen LogP contribution in [0.25, 0.3) is 110 Å². The first-order valence-corrected chi connectivity index (χ1v) is 21.5. The number of benzene rings is 11. The van der Waals surface area contributed by atoms with E-state index in [0.29, 0.717) is 0 Å². The van der Waals surface area contributed by atoms with E-state index in [1.165, 1.54) is 21.9 Å². The molecule has 3 heteroatoms. The molecule has 0 radical (unpaired) electrons. The first kappa shape index (κ1) is 35.4. The third kappa shape index (κ3) is 5.60. The highest BCUT2D eigenvalue weighted by atomic mass is 16.3. The van der Waals surface area contributed by atoms with Crippen LogP contribution in [0.15, 0.2) is 233 Å². The van der Waals surface area contributed by atoms with Gasteiger partial charge in [-0.3, -0.25) is 0 Å². The van der Waals surface area contributed by atoms with Crippen molar-refractivity contribution in [2.24, 2.45) is 0 Å². The van der Waals surface area contributed by atoms with E-state index in [1.54, 1.807) is 0 Å². The molecule has 2 aromatic heterocycles. The lowest BCUT2D eigenvalue weighted by Crippen LogP contribution is -2.11. The standard InChI is InChI=1S/C60H37NO2/c1-4-19-45-39(13-1)16-10-23-46(45)43-18-9-17-42(37-43)38-29-33-44(34-30-38)61(55-27-12-28-56-57(55)53-36-32-41-15-3-6-21-48(41)59(53)62-56)54-26-8-7-22-49(54)50-24-11-25-51-52-35-31-40-14-2-5-20-47(40)58(52)63-60(50)51/h1-37H. The Morgan fingerprint density at radius 2 is 0.825 bits per heavy atom. The second kappa shape index (κ2) is 14.1. The maximum absolute atomic E-state index is 6.95. The predicted molar refractivity (Wildman–Crippen MR) is 265 cm³/mol. The van der Waals surface area contributed by atoms with E-state index in [0.717, 1.165) is 105 Å². The fourth-order valence-electron chi connectivity index (χ4n) is 9.91. The topological polar surface area (TPSA) is 29.5 Å². The molecule has 0 N–H and O–H groups in total. The van der Waals surface area contributed by atoms with Crippen LogP contribution in [0.2, 0.25) is 0 Å². The minimum absolute atomic E-state index is 0.842. The highest BCUT2D eigenvalue weighted by Gasteiger charge is 2.24. The van der Waals surface area contributed by atoms with E-state index < -0.39 is 0 Å². The Hall–Kier alpha value is -8.40. The van der Waals surface area contributed by atoms with Gasteiger partial charge in [-0.1, -0.05) is 176 Å². The number of furan rings is 2. The van der Waals surface area contributed by atoms with Crippen molar-refractivity contribution < 1.29 is 8.83 Å². The number of hydrogen-bond donors (Lipinski definition) is 0. The third-order valence-corrected chi connectivity index (χ3v) is 12.9. The number of rotatable bonds is 6. The molecule has 13 rings (SSSR count). The van der Waals surface area contributed by atoms with Crippen molar-refractivity contribution in [1.82, 2.24) is 0 Å². The molecule has 0 unspecified atom stereocenters. The van der Waals surface area contributed by atoms with Crippen LogP contribution in [0.1, 0.15) is 0 Å². The van der Waals surface area contributed by atoms with Gasteiger partial charge in [0.15, 0.2) is 0 Å². The zero-order chi connectivity index (χ0) is 41.4. The summed E-state index contributed by atoms with van der Waals surface area (Å²) in [6.07, 6.45) is 0. The maximum Gasteiger partial charge on any atom is 0.143 e. The SMILES string of the molecule is c1cc(-c2ccc(N(c3ccccc3-c3cccc4c3oc3c5ccccc5ccc43)c3cccc4oc5c6ccccc6ccc5c34)cc2)cc(-c2cccc3ccccc23)c1. The molecule has 0 aliphatic heterocycles. The van der Waals surface area contributed by atoms with E-state index in [4.69, 9.17) is 8.83 Å². The van der Waals surface area contributed by atoms with Gasteiger partial charge in [0.05, 0.1) is 16.8 Å². The number of nitrogens with zero attached hydrogens (tertiary/aromatic N) is 1. The molecule has 0 spiro atoms. The molecule has 0 atom stereocenters. The molecule has 0 aliphatic carbocycles. The molecule has 3 nitrogen and oxygen atoms in total. The summed E-state index contributed by atoms with van der Waals surface area (Å²) in [6.45, 7) is 0. The zero-order valence-electron chi connectivity index (χ0n) is 34.1. The van der Waals surface area contributed by atoms with E-state index in [9.17, 15) is 0 Å². The summed E-state index contributed by atoms with van der Waals surface area (Å²) in [4.78, 5) is 2.40. The molecule has 11 aromatic carbocycles. The second-order valence-corrected chi connectivity index (χ2v) is 16.4. The average molecular weight is 804 g/mol. The average Bonchev–Trinajstić information content (AvgIpc) is 3.94. The molecule has 0 aliphatic rings. The Morgan fingerprint density at radius 1 is 0.286 bits per heavy atom. The van der Waals surface area contributed by atoms with Crippen LogP contribution < -0.4 is 4.90 Å². The summed E-state index contributed by atoms with van der Waals surface area (Å²) in [7, 11) is 0. The predicted octanol–water partition coefficient (Wildman–Crippen LogP) is 17.4. The fourth-order valence-corrected chi connectivity index (χ4v) is 9.91. The van der Waals surface area contributed by atoms with Gasteiger partial charge in [0.2, 0.25) is 0 Å². The van der Waals surface area contributed by atoms with Crippen LogP contribution in [0.4, 0.5) is 17.1 Å². The van der Waals surface area contributed by atoms with Crippen molar-refractivity contribution in [3.63, 3.8) is 0 Å². The summed E-state index contributed by atoms with van der Waals surface area (Å²) in [6, 6.07) is 80.4. The Labute approximate surface area is 363 Å². The summed E-state index contributed by atoms with van der Waals surface area (Å²) in [5.74, 6) is 0. The van der Waals surface area contributed by atoms with Gasteiger partial charge in [-0.05, 0) is 92.3 Å². The summed E-state index contributed by atoms with van der Waals surface area (Å²) in [5, 5.41) is 11.4. The Kier molecular flexibility index (Phi) is 7.91. The van der Waals surface area contributed by atoms with Gasteiger partial charge in [-0.25, -0.2) is 0 Å². The minimum atomic E-state index is 0.842. The second-order valence-electron chi connectivity index (χ2n) is 16.4. The summed E-state index contributed by atoms with van der Waals surface area (Å²) in [5.41, 5.74) is 13.4. The molecule has 0 amide bonds. The third-order valence-electron chi connectivity index (χ3n) is 12.9. The molecule has 0 bridgehead atoms. The van der Waals surface area contributed by atoms with Crippen molar-refractivity contribution >= 4 is 93.3 Å². The van der Waals surface area contributed by atoms with Gasteiger partial charge in [0.1, 0.15) is 22.3 Å². The van der Waals surface area contributed by atoms with E-state index in [1.807, 2.05) is 0 Å². The van der Waals surface area contributed by atoms with E-state index in [2.05, 4.69) is 229 Å². The largest absolute Gasteiger partial charge is 0.455 e. The quantitative estimate of drug-likeness (QED) is 0.168. The van der Waals surface area contributed by atoms with Crippen LogP contribution >= 0.6 is 0 Å². The Balaban J connectivity index is 1.02. The maximum atomic E-state index is 6.95. The molecular formula is C60H37NO2. The normalized spacial score (nSPS) is 11.8. The molecular weight excluding hydrogens is 767 g/mol. The van der Waals surface area contributed by atoms with Crippen LogP contribution in [0.5, 0.6) is 0 Å². The number of para-hydroxylation sites is 2. The first-order valence-electron chi connectivity index (χ1n) is 21.5. The van der Waals surface area contributed by atoms with Crippen LogP contribution in [0, 0.1) is 0 Å². The lowest BCUT2D eigenvalue weighted by atomic mass is 9.95. The van der Waals surface area contributed by atoms with Crippen LogP contribution in [0.3, 0.4) is 0 Å². The molecule has 0 fully saturated rings. The van der Waals surface area contributed by atoms with Gasteiger partial charge < -0.3 is 13.7 Å². The first-order chi connectivity index (χ1) is 31.2. The fraction of sp³-hybridized carbons (Fsp3) is 0. The van der Waals surface area contributed by atoms with Crippen molar-refractivity contribution in [2.75, 3.05) is 4.90 Å². The van der Waals surface area contributed by atoms with Gasteiger partial charge in [0, 0.05) is 43.7 Å². The van der Waals surface area contributed by atoms with E-state index in [-0.39, 0.29) is 0 Å². The van der Waals surface area contributed by atoms with Crippen LogP contribution in [-0.4, -0.2) is 0 Å². The molecule has 63 heavy (non-hydrogen) atoms. The molecule has 0 saturated carbocycles. The molecule has 294 valence electrons. The minimum Gasteiger partial charge on any atom is -0.455 e. The van der Waals surface area contributed by atoms with E-state index >= 15 is 0 Å². The Bertz CT molecular complexity index is 3920. The van der Waals surface area contributed by atoms with Gasteiger partial charge in [-0.2, -0.15) is 0 Å². The van der Waals surface area contributed by atoms with Crippen molar-refractivity contribution in [1.29, 1.82) is 0 Å². The smallest absolute Gasteiger partial charge is 0.143 e. The van der Waals surface area contributed by atoms with Gasteiger partial charge in [-0.15, -0.1) is 0 Å². The summed E-state index contributed by atoms with van der Waals surface area (Å²) >= 11 is 0. The molecule has 0 saturated heterocycles. The van der Waals surface area contributed by atoms with Crippen molar-refractivity contribution in [2.45, 2.75) is 0 Å². The number of anilines is 3. The molecule has 2 heterocycles. The zero-order valence-corrected chi connectivity index (χ0v) is 34.1. The summed E-state index contributed by atoms with van der Waals surface area (Å²) < 4.78 is 13.7. The van der Waals surface area contributed by atoms with Crippen LogP contribution in [-0.2, 0) is 0 Å². The molecule has 13 aromatic rings. The number of hydrogen-bond acceptors (Lipinski definition) is 3. The van der Waals surface area contributed by atoms with Crippen molar-refractivity contribution in [3.8, 4) is 33.4 Å². The lowest BCUT2D eigenvalue weighted by molar-refractivity contribution is 0.672.